The van der Waals surface area contributed by atoms with Gasteiger partial charge in [-0.15, -0.1) is 0 Å². The Morgan fingerprint density at radius 1 is 1.10 bits per heavy atom. The van der Waals surface area contributed by atoms with Crippen LogP contribution in [0.3, 0.4) is 0 Å². The molecule has 0 aliphatic heterocycles. The molecule has 7 heteroatoms. The van der Waals surface area contributed by atoms with Gasteiger partial charge in [0.2, 0.25) is 0 Å². The lowest BCUT2D eigenvalue weighted by Gasteiger charge is -2.20. The molecule has 0 aliphatic rings. The number of non-ortho nitro benzene ring substituents is 1. The predicted octanol–water partition coefficient (Wildman–Crippen LogP) is 3.63. The standard InChI is InChI=1S/C22H29N3O4/c1-14(2)16-6-8-17(9-7-16)22(15(3)4)23-13-21(26)24-19-11-10-18(25(27)28)12-20(19)29-5/h6-12,14-15,22-23H,13H2,1-5H3,(H,24,26)/p+1/t22-/m1/s1. The third kappa shape index (κ3) is 6.02. The van der Waals surface area contributed by atoms with Crippen molar-refractivity contribution in [2.24, 2.45) is 5.92 Å². The third-order valence-corrected chi connectivity index (χ3v) is 4.93. The first kappa shape index (κ1) is 22.4. The van der Waals surface area contributed by atoms with Crippen molar-refractivity contribution in [3.8, 4) is 5.75 Å². The first-order valence-electron chi connectivity index (χ1n) is 9.78. The van der Waals surface area contributed by atoms with Crippen LogP contribution in [0.5, 0.6) is 5.75 Å². The zero-order valence-electron chi connectivity index (χ0n) is 17.6. The highest BCUT2D eigenvalue weighted by atomic mass is 16.6. The van der Waals surface area contributed by atoms with E-state index in [0.29, 0.717) is 17.5 Å². The summed E-state index contributed by atoms with van der Waals surface area (Å²) in [5.41, 5.74) is 2.80. The number of amides is 1. The van der Waals surface area contributed by atoms with E-state index < -0.39 is 4.92 Å². The number of anilines is 1. The maximum absolute atomic E-state index is 12.5. The van der Waals surface area contributed by atoms with Gasteiger partial charge in [-0.2, -0.15) is 0 Å². The number of nitrogens with zero attached hydrogens (tertiary/aromatic N) is 1. The minimum atomic E-state index is -0.500. The molecule has 0 fully saturated rings. The fourth-order valence-electron chi connectivity index (χ4n) is 3.23. The number of methoxy groups -OCH3 is 1. The molecule has 156 valence electrons. The van der Waals surface area contributed by atoms with Gasteiger partial charge in [0.1, 0.15) is 11.8 Å². The number of carbonyl (C=O) groups excluding carboxylic acids is 1. The molecule has 0 saturated carbocycles. The average molecular weight is 400 g/mol. The Balaban J connectivity index is 2.05. The number of quaternary nitrogens is 1. The molecular weight excluding hydrogens is 370 g/mol. The summed E-state index contributed by atoms with van der Waals surface area (Å²) < 4.78 is 5.17. The monoisotopic (exact) mass is 400 g/mol. The fourth-order valence-corrected chi connectivity index (χ4v) is 3.23. The predicted molar refractivity (Wildman–Crippen MR) is 113 cm³/mol. The highest BCUT2D eigenvalue weighted by molar-refractivity contribution is 5.93. The fraction of sp³-hybridized carbons (Fsp3) is 0.409. The molecule has 3 N–H and O–H groups in total. The quantitative estimate of drug-likeness (QED) is 0.496. The van der Waals surface area contributed by atoms with E-state index in [0.717, 1.165) is 0 Å². The van der Waals surface area contributed by atoms with Gasteiger partial charge in [0.15, 0.2) is 6.54 Å². The Morgan fingerprint density at radius 3 is 2.24 bits per heavy atom. The smallest absolute Gasteiger partial charge is 0.279 e. The van der Waals surface area contributed by atoms with Gasteiger partial charge < -0.3 is 15.4 Å². The Bertz CT molecular complexity index is 848. The van der Waals surface area contributed by atoms with Crippen molar-refractivity contribution < 1.29 is 19.8 Å². The topological polar surface area (TPSA) is 98.1 Å². The SMILES string of the molecule is COc1cc([N+](=O)[O-])ccc1NC(=O)C[NH2+][C@@H](c1ccc(C(C)C)cc1)C(C)C. The number of rotatable bonds is 9. The molecule has 0 aromatic heterocycles. The molecule has 0 unspecified atom stereocenters. The Hall–Kier alpha value is -2.93. The molecule has 7 nitrogen and oxygen atoms in total. The van der Waals surface area contributed by atoms with Crippen LogP contribution in [0.25, 0.3) is 0 Å². The van der Waals surface area contributed by atoms with Crippen molar-refractivity contribution in [2.75, 3.05) is 19.0 Å². The molecule has 0 heterocycles. The van der Waals surface area contributed by atoms with Gasteiger partial charge in [0, 0.05) is 17.5 Å². The normalized spacial score (nSPS) is 12.1. The summed E-state index contributed by atoms with van der Waals surface area (Å²) in [6.45, 7) is 8.83. The van der Waals surface area contributed by atoms with E-state index >= 15 is 0 Å². The lowest BCUT2D eigenvalue weighted by atomic mass is 9.93. The van der Waals surface area contributed by atoms with Crippen molar-refractivity contribution in [3.05, 3.63) is 63.7 Å². The van der Waals surface area contributed by atoms with Crippen molar-refractivity contribution in [2.45, 2.75) is 39.7 Å². The van der Waals surface area contributed by atoms with Gasteiger partial charge in [-0.1, -0.05) is 52.0 Å². The molecule has 1 atom stereocenters. The number of hydrogen-bond donors (Lipinski definition) is 2. The Morgan fingerprint density at radius 2 is 1.72 bits per heavy atom. The molecule has 0 radical (unpaired) electrons. The summed E-state index contributed by atoms with van der Waals surface area (Å²) in [5, 5.41) is 15.7. The zero-order valence-corrected chi connectivity index (χ0v) is 17.6. The molecule has 2 aromatic rings. The molecule has 0 aliphatic carbocycles. The van der Waals surface area contributed by atoms with Crippen molar-refractivity contribution in [1.29, 1.82) is 0 Å². The zero-order chi connectivity index (χ0) is 21.6. The second kappa shape index (κ2) is 10.0. The number of hydrogen-bond acceptors (Lipinski definition) is 4. The molecular formula is C22H30N3O4+. The van der Waals surface area contributed by atoms with E-state index in [1.165, 1.54) is 36.4 Å². The molecule has 0 bridgehead atoms. The summed E-state index contributed by atoms with van der Waals surface area (Å²) in [6, 6.07) is 12.8. The number of benzene rings is 2. The van der Waals surface area contributed by atoms with Crippen LogP contribution in [0.15, 0.2) is 42.5 Å². The maximum Gasteiger partial charge on any atom is 0.279 e. The van der Waals surface area contributed by atoms with Crippen molar-refractivity contribution >= 4 is 17.3 Å². The highest BCUT2D eigenvalue weighted by Gasteiger charge is 2.21. The second-order valence-corrected chi connectivity index (χ2v) is 7.72. The van der Waals surface area contributed by atoms with Gasteiger partial charge in [-0.3, -0.25) is 14.9 Å². The molecule has 1 amide bonds. The molecule has 2 rings (SSSR count). The van der Waals surface area contributed by atoms with Crippen LogP contribution in [0.1, 0.15) is 50.8 Å². The number of carbonyl (C=O) groups is 1. The van der Waals surface area contributed by atoms with Crippen LogP contribution < -0.4 is 15.4 Å². The van der Waals surface area contributed by atoms with E-state index in [2.05, 4.69) is 57.3 Å². The van der Waals surface area contributed by atoms with Crippen LogP contribution in [-0.4, -0.2) is 24.5 Å². The molecule has 2 aromatic carbocycles. The number of nitrogens with two attached hydrogens (primary N) is 1. The van der Waals surface area contributed by atoms with Crippen LogP contribution in [0, 0.1) is 16.0 Å². The summed E-state index contributed by atoms with van der Waals surface area (Å²) >= 11 is 0. The van der Waals surface area contributed by atoms with Crippen molar-refractivity contribution in [3.63, 3.8) is 0 Å². The van der Waals surface area contributed by atoms with Gasteiger partial charge in [-0.25, -0.2) is 0 Å². The highest BCUT2D eigenvalue weighted by Crippen LogP contribution is 2.29. The first-order valence-corrected chi connectivity index (χ1v) is 9.78. The van der Waals surface area contributed by atoms with Crippen LogP contribution in [-0.2, 0) is 4.79 Å². The van der Waals surface area contributed by atoms with Crippen LogP contribution >= 0.6 is 0 Å². The molecule has 0 saturated heterocycles. The van der Waals surface area contributed by atoms with E-state index in [9.17, 15) is 14.9 Å². The second-order valence-electron chi connectivity index (χ2n) is 7.72. The molecule has 0 spiro atoms. The Labute approximate surface area is 171 Å². The minimum absolute atomic E-state index is 0.0869. The summed E-state index contributed by atoms with van der Waals surface area (Å²) in [7, 11) is 1.41. The minimum Gasteiger partial charge on any atom is -0.494 e. The van der Waals surface area contributed by atoms with Gasteiger partial charge >= 0.3 is 0 Å². The Kier molecular flexibility index (Phi) is 7.73. The first-order chi connectivity index (χ1) is 13.7. The van der Waals surface area contributed by atoms with Crippen molar-refractivity contribution in [1.82, 2.24) is 0 Å². The molecule has 29 heavy (non-hydrogen) atoms. The van der Waals surface area contributed by atoms with Gasteiger partial charge in [-0.05, 0) is 17.5 Å². The number of nitro groups is 1. The van der Waals surface area contributed by atoms with E-state index in [-0.39, 0.29) is 29.9 Å². The van der Waals surface area contributed by atoms with Crippen LogP contribution in [0.2, 0.25) is 0 Å². The van der Waals surface area contributed by atoms with E-state index in [1.807, 2.05) is 5.32 Å². The van der Waals surface area contributed by atoms with E-state index in [1.54, 1.807) is 0 Å². The number of nitro benzene ring substituents is 1. The summed E-state index contributed by atoms with van der Waals surface area (Å²) in [4.78, 5) is 22.9. The van der Waals surface area contributed by atoms with Gasteiger partial charge in [0.25, 0.3) is 11.6 Å². The number of ether oxygens (including phenoxy) is 1. The number of nitrogens with one attached hydrogen (secondary N) is 1. The summed E-state index contributed by atoms with van der Waals surface area (Å²) in [5.74, 6) is 0.897. The lowest BCUT2D eigenvalue weighted by molar-refractivity contribution is -0.692. The maximum atomic E-state index is 12.5. The largest absolute Gasteiger partial charge is 0.494 e. The summed E-state index contributed by atoms with van der Waals surface area (Å²) in [6.07, 6.45) is 0. The van der Waals surface area contributed by atoms with Gasteiger partial charge in [0.05, 0.1) is 23.8 Å². The lowest BCUT2D eigenvalue weighted by Crippen LogP contribution is -2.88. The average Bonchev–Trinajstić information content (AvgIpc) is 2.68. The van der Waals surface area contributed by atoms with E-state index in [4.69, 9.17) is 4.74 Å². The third-order valence-electron chi connectivity index (χ3n) is 4.93. The van der Waals surface area contributed by atoms with Crippen LogP contribution in [0.4, 0.5) is 11.4 Å².